The van der Waals surface area contributed by atoms with Crippen LogP contribution in [0.3, 0.4) is 0 Å². The van der Waals surface area contributed by atoms with Crippen LogP contribution in [0.25, 0.3) is 0 Å². The van der Waals surface area contributed by atoms with Crippen LogP contribution in [0.5, 0.6) is 0 Å². The zero-order chi connectivity index (χ0) is 22.4. The van der Waals surface area contributed by atoms with E-state index in [1.165, 1.54) is 10.8 Å². The minimum Gasteiger partial charge on any atom is -0.371 e. The summed E-state index contributed by atoms with van der Waals surface area (Å²) in [5.41, 5.74) is 2.33. The lowest BCUT2D eigenvalue weighted by molar-refractivity contribution is -0.384. The minimum atomic E-state index is -0.367. The molecule has 0 unspecified atom stereocenters. The van der Waals surface area contributed by atoms with Gasteiger partial charge in [-0.3, -0.25) is 4.79 Å². The number of halogens is 3. The van der Waals surface area contributed by atoms with E-state index in [1.54, 1.807) is 35.0 Å². The van der Waals surface area contributed by atoms with E-state index in [0.717, 1.165) is 25.1 Å². The molecule has 8 nitrogen and oxygen atoms in total. The normalized spacial score (nSPS) is 15.6. The number of rotatable bonds is 6. The average molecular weight is 601 g/mol. The van der Waals surface area contributed by atoms with Crippen LogP contribution < -0.4 is 16.1 Å². The number of amidine groups is 1. The Labute approximate surface area is 201 Å². The monoisotopic (exact) mass is 600 g/mol. The number of hydrogen-bond donors (Lipinski definition) is 3. The van der Waals surface area contributed by atoms with Crippen LogP contribution in [-0.2, 0) is 4.79 Å². The molecule has 1 aliphatic heterocycles. The van der Waals surface area contributed by atoms with Crippen LogP contribution >= 0.6 is 38.8 Å². The van der Waals surface area contributed by atoms with E-state index in [9.17, 15) is 9.18 Å². The number of nitrogens with zero attached hydrogens (tertiary/aromatic N) is 4. The first-order valence-corrected chi connectivity index (χ1v) is 11.2. The third kappa shape index (κ3) is 5.64. The maximum Gasteiger partial charge on any atom is 0.241 e. The Morgan fingerprint density at radius 2 is 1.97 bits per heavy atom. The number of piperidine rings is 1. The van der Waals surface area contributed by atoms with Crippen LogP contribution in [0.1, 0.15) is 12.8 Å². The lowest BCUT2D eigenvalue weighted by atomic mass is 9.91. The Morgan fingerprint density at radius 1 is 1.29 bits per heavy atom. The fourth-order valence-corrected chi connectivity index (χ4v) is 4.16. The van der Waals surface area contributed by atoms with Crippen molar-refractivity contribution in [3.05, 3.63) is 52.8 Å². The van der Waals surface area contributed by atoms with Crippen LogP contribution in [0.4, 0.5) is 21.5 Å². The predicted molar refractivity (Wildman–Crippen MR) is 131 cm³/mol. The fourth-order valence-electron chi connectivity index (χ4n) is 3.42. The summed E-state index contributed by atoms with van der Waals surface area (Å²) in [6, 6.07) is 12.1. The Morgan fingerprint density at radius 3 is 2.52 bits per heavy atom. The van der Waals surface area contributed by atoms with Crippen molar-refractivity contribution in [2.24, 2.45) is 20.2 Å². The number of nitrogens with two attached hydrogens (primary N) is 1. The number of hydrogen-bond acceptors (Lipinski definition) is 5. The third-order valence-electron chi connectivity index (χ3n) is 5.09. The van der Waals surface area contributed by atoms with Gasteiger partial charge in [0, 0.05) is 35.6 Å². The summed E-state index contributed by atoms with van der Waals surface area (Å²) in [6.07, 6.45) is 2.45. The molecule has 0 radical (unpaired) electrons. The van der Waals surface area contributed by atoms with Crippen LogP contribution in [0.2, 0.25) is 0 Å². The van der Waals surface area contributed by atoms with Gasteiger partial charge in [0.05, 0.1) is 27.3 Å². The lowest BCUT2D eigenvalue weighted by Crippen LogP contribution is -2.39. The smallest absolute Gasteiger partial charge is 0.241 e. The van der Waals surface area contributed by atoms with Crippen molar-refractivity contribution in [2.45, 2.75) is 12.8 Å². The molecule has 2 aromatic rings. The molecule has 0 aromatic heterocycles. The highest BCUT2D eigenvalue weighted by atomic mass is 127. The Hall–Kier alpha value is -2.41. The van der Waals surface area contributed by atoms with Gasteiger partial charge in [-0.05, 0) is 71.2 Å². The van der Waals surface area contributed by atoms with Gasteiger partial charge in [0.2, 0.25) is 12.1 Å². The lowest BCUT2D eigenvalue weighted by Gasteiger charge is -2.33. The van der Waals surface area contributed by atoms with Crippen molar-refractivity contribution in [1.82, 2.24) is 0 Å². The maximum atomic E-state index is 13.4. The molecular weight excluding hydrogens is 580 g/mol. The largest absolute Gasteiger partial charge is 0.371 e. The molecule has 0 atom stereocenters. The number of ketones is 1. The van der Waals surface area contributed by atoms with Crippen molar-refractivity contribution in [3.63, 3.8) is 0 Å². The van der Waals surface area contributed by atoms with E-state index in [-0.39, 0.29) is 23.4 Å². The first-order valence-electron chi connectivity index (χ1n) is 9.47. The van der Waals surface area contributed by atoms with Crippen molar-refractivity contribution in [3.8, 4) is 0 Å². The maximum absolute atomic E-state index is 13.4. The van der Waals surface area contributed by atoms with Gasteiger partial charge in [-0.25, -0.2) is 10.2 Å². The van der Waals surface area contributed by atoms with Gasteiger partial charge in [-0.2, -0.15) is 8.62 Å². The molecule has 0 bridgehead atoms. The van der Waals surface area contributed by atoms with Crippen molar-refractivity contribution in [1.29, 1.82) is 5.41 Å². The minimum absolute atomic E-state index is 0.0453. The van der Waals surface area contributed by atoms with E-state index < -0.39 is 0 Å². The molecule has 1 aliphatic rings. The first-order chi connectivity index (χ1) is 15.0. The molecule has 0 aliphatic carbocycles. The summed E-state index contributed by atoms with van der Waals surface area (Å²) < 4.78 is 19.1. The molecular formula is C20H21BrFIN7O+. The van der Waals surface area contributed by atoms with Crippen molar-refractivity contribution < 1.29 is 13.9 Å². The molecule has 1 heterocycles. The fraction of sp³-hybridized carbons (Fsp3) is 0.250. The number of carbonyl (C=O) groups is 1. The second-order valence-corrected chi connectivity index (χ2v) is 8.25. The van der Waals surface area contributed by atoms with E-state index >= 15 is 0 Å². The van der Waals surface area contributed by atoms with Gasteiger partial charge in [0.25, 0.3) is 0 Å². The van der Waals surface area contributed by atoms with Gasteiger partial charge >= 0.3 is 0 Å². The van der Waals surface area contributed by atoms with E-state index in [2.05, 4.69) is 34.6 Å². The summed E-state index contributed by atoms with van der Waals surface area (Å²) in [7, 11) is 0. The third-order valence-corrected chi connectivity index (χ3v) is 6.18. The first kappa shape index (κ1) is 23.3. The summed E-state index contributed by atoms with van der Waals surface area (Å²) in [5.74, 6) is 4.98. The molecule has 0 spiro atoms. The van der Waals surface area contributed by atoms with Crippen molar-refractivity contribution >= 4 is 73.8 Å². The molecule has 31 heavy (non-hydrogen) atoms. The van der Waals surface area contributed by atoms with E-state index in [0.29, 0.717) is 28.7 Å². The van der Waals surface area contributed by atoms with E-state index in [4.69, 9.17) is 11.3 Å². The molecule has 2 aromatic carbocycles. The number of benzene rings is 2. The number of anilines is 2. The highest BCUT2D eigenvalue weighted by molar-refractivity contribution is 14.1. The number of nitrogens with one attached hydrogen (secondary N) is 2. The van der Waals surface area contributed by atoms with Crippen LogP contribution in [0, 0.1) is 17.1 Å². The highest BCUT2D eigenvalue weighted by Gasteiger charge is 2.28. The predicted octanol–water partition coefficient (Wildman–Crippen LogP) is 4.81. The van der Waals surface area contributed by atoms with Gasteiger partial charge in [-0.15, -0.1) is 4.70 Å². The summed E-state index contributed by atoms with van der Waals surface area (Å²) in [5, 5.41) is 13.8. The van der Waals surface area contributed by atoms with Gasteiger partial charge in [-0.1, -0.05) is 0 Å². The molecule has 162 valence electrons. The standard InChI is InChI=1S/C20H20BrFIN7O/c21-17-11-14(1-6-18(17)22)26-20(27-23)19(31)13-7-9-29(10-8-13)15-2-4-16(5-3-15)30(12-24)28-25/h1-6,11-13,24-25H,7-10H2,(H,26,27)/p+1. The Kier molecular flexibility index (Phi) is 8.07. The molecule has 1 saturated heterocycles. The quantitative estimate of drug-likeness (QED) is 0.0840. The Balaban J connectivity index is 1.60. The molecule has 4 N–H and O–H groups in total. The van der Waals surface area contributed by atoms with E-state index in [1.807, 2.05) is 24.3 Å². The van der Waals surface area contributed by atoms with Crippen LogP contribution in [0.15, 0.2) is 55.4 Å². The molecule has 0 saturated carbocycles. The highest BCUT2D eigenvalue weighted by Crippen LogP contribution is 2.27. The SMILES string of the molecule is N=C[N+](=NN)c1ccc(N2CCC(C(=O)/C(=N/I)Nc3ccc(F)c(Br)c3)CC2)cc1. The molecule has 3 rings (SSSR count). The number of carbonyl (C=O) groups excluding carboxylic acids is 1. The van der Waals surface area contributed by atoms with Gasteiger partial charge < -0.3 is 10.2 Å². The summed E-state index contributed by atoms with van der Waals surface area (Å²) >= 11 is 4.95. The van der Waals surface area contributed by atoms with Crippen LogP contribution in [-0.4, -0.2) is 35.7 Å². The second-order valence-electron chi connectivity index (χ2n) is 6.92. The average Bonchev–Trinajstić information content (AvgIpc) is 2.81. The molecule has 1 fully saturated rings. The summed E-state index contributed by atoms with van der Waals surface area (Å²) in [4.78, 5) is 15.2. The topological polar surface area (TPSA) is 110 Å². The Bertz CT molecular complexity index is 1020. The molecule has 0 amide bonds. The van der Waals surface area contributed by atoms with Crippen molar-refractivity contribution in [2.75, 3.05) is 23.3 Å². The second kappa shape index (κ2) is 10.8. The zero-order valence-electron chi connectivity index (χ0n) is 16.4. The number of Topliss-reactive ketones (excluding diaryl/α,β-unsaturated/α-hetero) is 1. The van der Waals surface area contributed by atoms with Gasteiger partial charge in [0.15, 0.2) is 5.84 Å². The zero-order valence-corrected chi connectivity index (χ0v) is 20.2. The summed E-state index contributed by atoms with van der Waals surface area (Å²) in [6.45, 7) is 1.48. The molecule has 11 heteroatoms. The van der Waals surface area contributed by atoms with Gasteiger partial charge in [0.1, 0.15) is 11.5 Å².